The standard InChI is InChI=1S/C16H19N5O2/c1-2-23-8-4-7-21-15(22)13(20-16(21)17)9-11-10-19-14-12(11)5-3-6-18-14/h3,5-6,9-10,22H,2,4,7-8H2,1H3,(H2,17,20). The van der Waals surface area contributed by atoms with E-state index in [9.17, 15) is 5.11 Å². The molecule has 23 heavy (non-hydrogen) atoms. The Morgan fingerprint density at radius 3 is 3.13 bits per heavy atom. The van der Waals surface area contributed by atoms with Gasteiger partial charge in [-0.1, -0.05) is 0 Å². The average molecular weight is 313 g/mol. The highest BCUT2D eigenvalue weighted by Gasteiger charge is 2.17. The van der Waals surface area contributed by atoms with Gasteiger partial charge in [0.2, 0.25) is 11.8 Å². The first kappa shape index (κ1) is 15.2. The number of allylic oxidation sites excluding steroid dienone is 1. The minimum atomic E-state index is 0.0530. The van der Waals surface area contributed by atoms with Gasteiger partial charge in [-0.15, -0.1) is 0 Å². The van der Waals surface area contributed by atoms with Gasteiger partial charge in [-0.3, -0.25) is 4.57 Å². The van der Waals surface area contributed by atoms with Crippen molar-refractivity contribution < 1.29 is 9.84 Å². The molecule has 0 atom stereocenters. The van der Waals surface area contributed by atoms with E-state index in [1.807, 2.05) is 19.1 Å². The van der Waals surface area contributed by atoms with Gasteiger partial charge in [0.25, 0.3) is 0 Å². The predicted molar refractivity (Wildman–Crippen MR) is 89.7 cm³/mol. The summed E-state index contributed by atoms with van der Waals surface area (Å²) in [4.78, 5) is 12.7. The Labute approximate surface area is 134 Å². The Balaban J connectivity index is 1.82. The van der Waals surface area contributed by atoms with Crippen molar-refractivity contribution in [2.24, 2.45) is 4.99 Å². The van der Waals surface area contributed by atoms with Crippen LogP contribution in [0.25, 0.3) is 11.6 Å². The number of nitrogens with zero attached hydrogens (tertiary/aromatic N) is 4. The van der Waals surface area contributed by atoms with Gasteiger partial charge < -0.3 is 15.6 Å². The molecule has 0 bridgehead atoms. The number of ether oxygens (including phenoxy) is 1. The molecule has 0 radical (unpaired) electrons. The number of nitrogens with two attached hydrogens (primary N) is 1. The van der Waals surface area contributed by atoms with Crippen molar-refractivity contribution in [2.75, 3.05) is 18.9 Å². The molecule has 1 aliphatic heterocycles. The van der Waals surface area contributed by atoms with E-state index >= 15 is 0 Å². The third kappa shape index (κ3) is 3.09. The van der Waals surface area contributed by atoms with Crippen molar-refractivity contribution in [3.63, 3.8) is 0 Å². The van der Waals surface area contributed by atoms with E-state index in [-0.39, 0.29) is 11.8 Å². The molecular weight excluding hydrogens is 294 g/mol. The van der Waals surface area contributed by atoms with Crippen LogP contribution in [-0.4, -0.2) is 39.1 Å². The number of pyridine rings is 1. The Kier molecular flexibility index (Phi) is 4.38. The summed E-state index contributed by atoms with van der Waals surface area (Å²) in [6.45, 7) is 3.80. The molecule has 7 nitrogen and oxygen atoms in total. The number of rotatable bonds is 6. The van der Waals surface area contributed by atoms with Crippen LogP contribution in [0.3, 0.4) is 0 Å². The van der Waals surface area contributed by atoms with Gasteiger partial charge >= 0.3 is 0 Å². The number of anilines is 1. The molecule has 2 aromatic rings. The smallest absolute Gasteiger partial charge is 0.220 e. The number of aromatic hydroxyl groups is 1. The number of fused-ring (bicyclic) bond motifs is 1. The van der Waals surface area contributed by atoms with Gasteiger partial charge in [0.05, 0.1) is 0 Å². The van der Waals surface area contributed by atoms with Crippen molar-refractivity contribution in [3.05, 3.63) is 29.6 Å². The van der Waals surface area contributed by atoms with Crippen LogP contribution < -0.4 is 5.73 Å². The lowest BCUT2D eigenvalue weighted by atomic mass is 10.1. The predicted octanol–water partition coefficient (Wildman–Crippen LogP) is 2.25. The van der Waals surface area contributed by atoms with Crippen molar-refractivity contribution in [3.8, 4) is 5.88 Å². The van der Waals surface area contributed by atoms with Gasteiger partial charge in [-0.2, -0.15) is 0 Å². The quantitative estimate of drug-likeness (QED) is 0.797. The average Bonchev–Trinajstić information content (AvgIpc) is 3.08. The third-order valence-corrected chi connectivity index (χ3v) is 3.59. The van der Waals surface area contributed by atoms with Crippen LogP contribution in [0.2, 0.25) is 0 Å². The maximum Gasteiger partial charge on any atom is 0.220 e. The molecule has 0 fully saturated rings. The van der Waals surface area contributed by atoms with Gasteiger partial charge in [0.15, 0.2) is 5.82 Å². The number of imidazole rings is 1. The molecule has 0 unspecified atom stereocenters. The summed E-state index contributed by atoms with van der Waals surface area (Å²) in [5.74, 6) is 1.01. The molecule has 0 spiro atoms. The lowest BCUT2D eigenvalue weighted by molar-refractivity contribution is 0.141. The summed E-state index contributed by atoms with van der Waals surface area (Å²) in [6.07, 6.45) is 5.93. The second-order valence-corrected chi connectivity index (χ2v) is 5.11. The Hall–Kier alpha value is -2.67. The van der Waals surface area contributed by atoms with Gasteiger partial charge in [-0.25, -0.2) is 15.0 Å². The summed E-state index contributed by atoms with van der Waals surface area (Å²) in [5, 5.41) is 10.3. The van der Waals surface area contributed by atoms with Crippen molar-refractivity contribution in [2.45, 2.75) is 19.9 Å². The topological polar surface area (TPSA) is 98.6 Å². The molecule has 0 saturated heterocycles. The van der Waals surface area contributed by atoms with Crippen LogP contribution in [-0.2, 0) is 11.3 Å². The van der Waals surface area contributed by atoms with Gasteiger partial charge in [0.1, 0.15) is 5.69 Å². The fraction of sp³-hybridized carbons (Fsp3) is 0.312. The molecule has 0 saturated carbocycles. The Morgan fingerprint density at radius 2 is 2.30 bits per heavy atom. The van der Waals surface area contributed by atoms with Crippen LogP contribution in [0.4, 0.5) is 11.8 Å². The lowest BCUT2D eigenvalue weighted by Gasteiger charge is -2.06. The van der Waals surface area contributed by atoms with Crippen LogP contribution in [0, 0.1) is 0 Å². The number of hydrogen-bond donors (Lipinski definition) is 2. The molecule has 1 aliphatic rings. The first-order valence-corrected chi connectivity index (χ1v) is 7.54. The molecule has 3 heterocycles. The van der Waals surface area contributed by atoms with E-state index < -0.39 is 0 Å². The van der Waals surface area contributed by atoms with E-state index in [0.717, 1.165) is 17.6 Å². The second-order valence-electron chi connectivity index (χ2n) is 5.11. The molecule has 3 rings (SSSR count). The number of aromatic nitrogens is 3. The van der Waals surface area contributed by atoms with Crippen molar-refractivity contribution >= 4 is 29.6 Å². The van der Waals surface area contributed by atoms with E-state index in [1.165, 1.54) is 0 Å². The molecule has 0 aliphatic carbocycles. The Bertz CT molecular complexity index is 764. The summed E-state index contributed by atoms with van der Waals surface area (Å²) < 4.78 is 6.88. The first-order chi connectivity index (χ1) is 11.2. The molecule has 7 heteroatoms. The number of nitrogen functional groups attached to an aromatic ring is 1. The van der Waals surface area contributed by atoms with E-state index in [4.69, 9.17) is 10.5 Å². The summed E-state index contributed by atoms with van der Waals surface area (Å²) in [6, 6.07) is 3.78. The van der Waals surface area contributed by atoms with Crippen molar-refractivity contribution in [1.82, 2.24) is 14.5 Å². The van der Waals surface area contributed by atoms with E-state index in [1.54, 1.807) is 23.1 Å². The highest BCUT2D eigenvalue weighted by Crippen LogP contribution is 2.32. The van der Waals surface area contributed by atoms with Gasteiger partial charge in [-0.05, 0) is 31.6 Å². The maximum absolute atomic E-state index is 10.3. The summed E-state index contributed by atoms with van der Waals surface area (Å²) in [5.41, 5.74) is 8.09. The number of hydrogen-bond acceptors (Lipinski definition) is 6. The molecule has 3 N–H and O–H groups in total. The van der Waals surface area contributed by atoms with Crippen LogP contribution in [0.15, 0.2) is 23.3 Å². The summed E-state index contributed by atoms with van der Waals surface area (Å²) in [7, 11) is 0. The SMILES string of the molecule is CCOCCCn1c(N)nc(C=C2C=Nc3ncccc32)c1O. The molecular formula is C16H19N5O2. The van der Waals surface area contributed by atoms with Crippen LogP contribution in [0.1, 0.15) is 24.6 Å². The minimum absolute atomic E-state index is 0.0530. The number of aliphatic imine (C=N–C) groups is 1. The first-order valence-electron chi connectivity index (χ1n) is 7.54. The van der Waals surface area contributed by atoms with Crippen LogP contribution in [0.5, 0.6) is 5.88 Å². The zero-order valence-corrected chi connectivity index (χ0v) is 12.9. The second kappa shape index (κ2) is 6.62. The molecule has 0 aromatic carbocycles. The van der Waals surface area contributed by atoms with Crippen molar-refractivity contribution in [1.29, 1.82) is 0 Å². The normalized spacial score (nSPS) is 14.6. The van der Waals surface area contributed by atoms with Gasteiger partial charge in [0, 0.05) is 43.3 Å². The molecule has 2 aromatic heterocycles. The maximum atomic E-state index is 10.3. The largest absolute Gasteiger partial charge is 0.493 e. The van der Waals surface area contributed by atoms with E-state index in [0.29, 0.717) is 31.3 Å². The highest BCUT2D eigenvalue weighted by atomic mass is 16.5. The fourth-order valence-corrected chi connectivity index (χ4v) is 2.45. The zero-order chi connectivity index (χ0) is 16.2. The van der Waals surface area contributed by atoms with E-state index in [2.05, 4.69) is 15.0 Å². The molecule has 0 amide bonds. The van der Waals surface area contributed by atoms with Crippen LogP contribution >= 0.6 is 0 Å². The highest BCUT2D eigenvalue weighted by molar-refractivity contribution is 6.20. The monoisotopic (exact) mass is 313 g/mol. The zero-order valence-electron chi connectivity index (χ0n) is 12.9. The lowest BCUT2D eigenvalue weighted by Crippen LogP contribution is -2.05. The third-order valence-electron chi connectivity index (χ3n) is 3.59. The fourth-order valence-electron chi connectivity index (χ4n) is 2.45. The summed E-state index contributed by atoms with van der Waals surface area (Å²) >= 11 is 0. The molecule has 120 valence electrons. The Morgan fingerprint density at radius 1 is 1.43 bits per heavy atom. The minimum Gasteiger partial charge on any atom is -0.493 e.